The molecule has 0 atom stereocenters. The van der Waals surface area contributed by atoms with Crippen LogP contribution in [0.1, 0.15) is 65.3 Å². The minimum Gasteiger partial charge on any atom is -0.494 e. The van der Waals surface area contributed by atoms with Crippen molar-refractivity contribution in [2.45, 2.75) is 46.0 Å². The number of hydrogen-bond acceptors (Lipinski definition) is 10. The van der Waals surface area contributed by atoms with Crippen molar-refractivity contribution in [3.05, 3.63) is 96.1 Å². The minimum absolute atomic E-state index is 0.214. The van der Waals surface area contributed by atoms with Crippen LogP contribution in [0.2, 0.25) is 0 Å². The molecule has 0 fully saturated rings. The zero-order valence-electron chi connectivity index (χ0n) is 25.6. The van der Waals surface area contributed by atoms with Gasteiger partial charge in [0.2, 0.25) is 0 Å². The van der Waals surface area contributed by atoms with Gasteiger partial charge in [0.15, 0.2) is 0 Å². The summed E-state index contributed by atoms with van der Waals surface area (Å²) in [7, 11) is 0. The van der Waals surface area contributed by atoms with Gasteiger partial charge in [-0.15, -0.1) is 0 Å². The Morgan fingerprint density at radius 1 is 0.644 bits per heavy atom. The summed E-state index contributed by atoms with van der Waals surface area (Å²) in [6.07, 6.45) is 4.28. The predicted octanol–water partition coefficient (Wildman–Crippen LogP) is 6.43. The quantitative estimate of drug-likeness (QED) is 0.0681. The van der Waals surface area contributed by atoms with Gasteiger partial charge < -0.3 is 28.4 Å². The van der Waals surface area contributed by atoms with Crippen molar-refractivity contribution in [2.24, 2.45) is 0 Å². The van der Waals surface area contributed by atoms with Crippen LogP contribution in [-0.2, 0) is 19.1 Å². The van der Waals surface area contributed by atoms with Gasteiger partial charge in [0.05, 0.1) is 37.6 Å². The molecule has 0 aliphatic rings. The maximum atomic E-state index is 12.7. The number of carbonyl (C=O) groups is 4. The van der Waals surface area contributed by atoms with Gasteiger partial charge in [-0.3, -0.25) is 4.79 Å². The minimum atomic E-state index is -0.544. The first-order valence-corrected chi connectivity index (χ1v) is 14.7. The smallest absolute Gasteiger partial charge is 0.343 e. The standard InChI is InChI=1S/C35H38O10/c1-4-32(36)42-22-8-6-20-40-28-14-10-26(11-15-28)34(38)44-30-18-19-31(25(3)24-30)45-35(39)27-12-16-29(17-13-27)41-21-7-9-23-43-33(37)5-2/h4,10-19,24H,1,5-9,20-23H2,2-3H3. The molecule has 0 amide bonds. The number of benzene rings is 3. The lowest BCUT2D eigenvalue weighted by Crippen LogP contribution is -2.11. The van der Waals surface area contributed by atoms with E-state index in [-0.39, 0.29) is 5.97 Å². The van der Waals surface area contributed by atoms with Crippen molar-refractivity contribution < 1.29 is 47.6 Å². The summed E-state index contributed by atoms with van der Waals surface area (Å²) in [5.41, 5.74) is 1.31. The molecule has 10 heteroatoms. The molecule has 3 aromatic rings. The molecule has 0 heterocycles. The molecule has 10 nitrogen and oxygen atoms in total. The number of carbonyl (C=O) groups excluding carboxylic acids is 4. The topological polar surface area (TPSA) is 124 Å². The van der Waals surface area contributed by atoms with Crippen LogP contribution < -0.4 is 18.9 Å². The Balaban J connectivity index is 1.41. The lowest BCUT2D eigenvalue weighted by molar-refractivity contribution is -0.143. The average Bonchev–Trinajstić information content (AvgIpc) is 3.05. The first-order chi connectivity index (χ1) is 21.8. The van der Waals surface area contributed by atoms with Gasteiger partial charge in [0, 0.05) is 12.5 Å². The van der Waals surface area contributed by atoms with Crippen LogP contribution in [0, 0.1) is 6.92 Å². The molecule has 3 aromatic carbocycles. The lowest BCUT2D eigenvalue weighted by atomic mass is 10.2. The van der Waals surface area contributed by atoms with Crippen LogP contribution in [0.3, 0.4) is 0 Å². The lowest BCUT2D eigenvalue weighted by Gasteiger charge is -2.11. The summed E-state index contributed by atoms with van der Waals surface area (Å²) in [6, 6.07) is 17.9. The van der Waals surface area contributed by atoms with Crippen molar-refractivity contribution in [2.75, 3.05) is 26.4 Å². The third-order valence-corrected chi connectivity index (χ3v) is 6.32. The zero-order chi connectivity index (χ0) is 32.4. The molecule has 0 unspecified atom stereocenters. The Morgan fingerprint density at radius 2 is 1.13 bits per heavy atom. The van der Waals surface area contributed by atoms with Gasteiger partial charge in [0.1, 0.15) is 23.0 Å². The summed E-state index contributed by atoms with van der Waals surface area (Å²) in [6.45, 7) is 8.41. The molecule has 0 aliphatic carbocycles. The summed E-state index contributed by atoms with van der Waals surface area (Å²) in [5.74, 6) is 0.112. The number of rotatable bonds is 18. The van der Waals surface area contributed by atoms with Crippen LogP contribution >= 0.6 is 0 Å². The number of unbranched alkanes of at least 4 members (excludes halogenated alkanes) is 2. The fourth-order valence-electron chi connectivity index (χ4n) is 3.81. The second-order valence-electron chi connectivity index (χ2n) is 9.81. The van der Waals surface area contributed by atoms with Crippen LogP contribution in [0.5, 0.6) is 23.0 Å². The van der Waals surface area contributed by atoms with Crippen molar-refractivity contribution in [1.82, 2.24) is 0 Å². The molecule has 238 valence electrons. The molecule has 0 N–H and O–H groups in total. The zero-order valence-corrected chi connectivity index (χ0v) is 25.6. The Morgan fingerprint density at radius 3 is 1.64 bits per heavy atom. The molecule has 0 bridgehead atoms. The summed E-state index contributed by atoms with van der Waals surface area (Å²) in [5, 5.41) is 0. The van der Waals surface area contributed by atoms with E-state index in [1.54, 1.807) is 80.6 Å². The molecule has 0 radical (unpaired) electrons. The highest BCUT2D eigenvalue weighted by atomic mass is 16.5. The van der Waals surface area contributed by atoms with Crippen molar-refractivity contribution in [1.29, 1.82) is 0 Å². The van der Waals surface area contributed by atoms with E-state index in [4.69, 9.17) is 28.4 Å². The van der Waals surface area contributed by atoms with E-state index in [0.29, 0.717) is 91.8 Å². The molecule has 3 rings (SSSR count). The van der Waals surface area contributed by atoms with E-state index in [1.165, 1.54) is 0 Å². The van der Waals surface area contributed by atoms with Crippen molar-refractivity contribution in [3.63, 3.8) is 0 Å². The SMILES string of the molecule is C=CC(=O)OCCCCOc1ccc(C(=O)Oc2ccc(OC(=O)c3ccc(OCCCCOC(=O)CC)cc3)c(C)c2)cc1. The van der Waals surface area contributed by atoms with Gasteiger partial charge >= 0.3 is 23.9 Å². The molecular formula is C35H38O10. The van der Waals surface area contributed by atoms with Gasteiger partial charge in [0.25, 0.3) is 0 Å². The van der Waals surface area contributed by atoms with Gasteiger partial charge in [-0.1, -0.05) is 13.5 Å². The van der Waals surface area contributed by atoms with Crippen LogP contribution in [0.4, 0.5) is 0 Å². The van der Waals surface area contributed by atoms with Crippen LogP contribution in [-0.4, -0.2) is 50.3 Å². The summed E-state index contributed by atoms with van der Waals surface area (Å²) in [4.78, 5) is 47.5. The van der Waals surface area contributed by atoms with E-state index < -0.39 is 17.9 Å². The Hall–Kier alpha value is -5.12. The van der Waals surface area contributed by atoms with Crippen LogP contribution in [0.25, 0.3) is 0 Å². The largest absolute Gasteiger partial charge is 0.494 e. The molecule has 0 aliphatic heterocycles. The Bertz CT molecular complexity index is 1430. The predicted molar refractivity (Wildman–Crippen MR) is 166 cm³/mol. The third-order valence-electron chi connectivity index (χ3n) is 6.32. The van der Waals surface area contributed by atoms with Gasteiger partial charge in [-0.25, -0.2) is 14.4 Å². The average molecular weight is 619 g/mol. The van der Waals surface area contributed by atoms with Gasteiger partial charge in [-0.05, 0) is 105 Å². The Labute approximate surface area is 262 Å². The molecule has 0 spiro atoms. The number of aryl methyl sites for hydroxylation is 1. The molecular weight excluding hydrogens is 580 g/mol. The van der Waals surface area contributed by atoms with E-state index in [0.717, 1.165) is 12.5 Å². The van der Waals surface area contributed by atoms with E-state index >= 15 is 0 Å². The van der Waals surface area contributed by atoms with Crippen molar-refractivity contribution >= 4 is 23.9 Å². The van der Waals surface area contributed by atoms with E-state index in [2.05, 4.69) is 6.58 Å². The van der Waals surface area contributed by atoms with Crippen molar-refractivity contribution in [3.8, 4) is 23.0 Å². The maximum Gasteiger partial charge on any atom is 0.343 e. The fraction of sp³-hybridized carbons (Fsp3) is 0.314. The highest BCUT2D eigenvalue weighted by Crippen LogP contribution is 2.26. The number of ether oxygens (including phenoxy) is 6. The van der Waals surface area contributed by atoms with Gasteiger partial charge in [-0.2, -0.15) is 0 Å². The highest BCUT2D eigenvalue weighted by molar-refractivity contribution is 5.92. The fourth-order valence-corrected chi connectivity index (χ4v) is 3.81. The number of hydrogen-bond donors (Lipinski definition) is 0. The molecule has 45 heavy (non-hydrogen) atoms. The summed E-state index contributed by atoms with van der Waals surface area (Å²) < 4.78 is 32.3. The normalized spacial score (nSPS) is 10.4. The monoisotopic (exact) mass is 618 g/mol. The molecule has 0 saturated heterocycles. The number of esters is 4. The van der Waals surface area contributed by atoms with Crippen LogP contribution in [0.15, 0.2) is 79.4 Å². The second-order valence-corrected chi connectivity index (χ2v) is 9.81. The van der Waals surface area contributed by atoms with E-state index in [1.807, 2.05) is 0 Å². The maximum absolute atomic E-state index is 12.7. The highest BCUT2D eigenvalue weighted by Gasteiger charge is 2.14. The molecule has 0 saturated carbocycles. The first kappa shape index (κ1) is 34.4. The van der Waals surface area contributed by atoms with E-state index in [9.17, 15) is 19.2 Å². The Kier molecular flexibility index (Phi) is 14.1. The summed E-state index contributed by atoms with van der Waals surface area (Å²) >= 11 is 0. The second kappa shape index (κ2) is 18.5. The first-order valence-electron chi connectivity index (χ1n) is 14.7. The molecule has 0 aromatic heterocycles. The third kappa shape index (κ3) is 12.2.